The summed E-state index contributed by atoms with van der Waals surface area (Å²) in [5.41, 5.74) is 9.55. The maximum Gasteiger partial charge on any atom is 0.222 e. The van der Waals surface area contributed by atoms with E-state index in [0.29, 0.717) is 36.5 Å². The third-order valence-electron chi connectivity index (χ3n) is 5.86. The van der Waals surface area contributed by atoms with Crippen molar-refractivity contribution < 1.29 is 9.47 Å². The van der Waals surface area contributed by atoms with Crippen molar-refractivity contribution in [1.29, 1.82) is 0 Å². The van der Waals surface area contributed by atoms with Crippen LogP contribution in [0.5, 0.6) is 5.88 Å². The lowest BCUT2D eigenvalue weighted by Gasteiger charge is -2.35. The number of nitrogens with two attached hydrogens (primary N) is 1. The fourth-order valence-corrected chi connectivity index (χ4v) is 4.55. The highest BCUT2D eigenvalue weighted by Crippen LogP contribution is 2.37. The van der Waals surface area contributed by atoms with Crippen LogP contribution in [0.4, 0.5) is 11.8 Å². The molecule has 0 unspecified atom stereocenters. The molecule has 2 saturated heterocycles. The van der Waals surface area contributed by atoms with Crippen LogP contribution in [0.2, 0.25) is 0 Å². The molecule has 3 aromatic rings. The summed E-state index contributed by atoms with van der Waals surface area (Å²) in [6, 6.07) is 5.92. The average molecular weight is 378 g/mol. The molecule has 2 aromatic heterocycles. The Morgan fingerprint density at radius 3 is 2.82 bits per heavy atom. The number of hydrogen-bond donors (Lipinski definition) is 2. The van der Waals surface area contributed by atoms with E-state index in [0.717, 1.165) is 66.8 Å². The van der Waals surface area contributed by atoms with Gasteiger partial charge < -0.3 is 25.1 Å². The molecule has 0 aliphatic carbocycles. The number of H-pyrrole nitrogens is 1. The predicted octanol–water partition coefficient (Wildman–Crippen LogP) is 2.29. The van der Waals surface area contributed by atoms with Gasteiger partial charge in [0.2, 0.25) is 5.88 Å². The summed E-state index contributed by atoms with van der Waals surface area (Å²) < 4.78 is 11.9. The molecule has 6 rings (SSSR count). The molecule has 144 valence electrons. The number of nitrogen functional groups attached to an aromatic ring is 1. The van der Waals surface area contributed by atoms with Crippen LogP contribution in [0.3, 0.4) is 0 Å². The van der Waals surface area contributed by atoms with Crippen molar-refractivity contribution >= 4 is 22.8 Å². The second-order valence-electron chi connectivity index (χ2n) is 7.82. The number of hydrogen-bond acceptors (Lipinski definition) is 7. The van der Waals surface area contributed by atoms with E-state index < -0.39 is 0 Å². The van der Waals surface area contributed by atoms with Crippen molar-refractivity contribution in [2.75, 3.05) is 30.3 Å². The van der Waals surface area contributed by atoms with Crippen LogP contribution in [-0.4, -0.2) is 51.8 Å². The molecular weight excluding hydrogens is 356 g/mol. The van der Waals surface area contributed by atoms with Gasteiger partial charge in [-0.25, -0.2) is 9.97 Å². The Labute approximate surface area is 162 Å². The zero-order valence-corrected chi connectivity index (χ0v) is 15.5. The smallest absolute Gasteiger partial charge is 0.222 e. The molecule has 5 heterocycles. The molecule has 0 amide bonds. The summed E-state index contributed by atoms with van der Waals surface area (Å²) in [6.07, 6.45) is 4.83. The van der Waals surface area contributed by atoms with Gasteiger partial charge in [-0.3, -0.25) is 0 Å². The minimum atomic E-state index is 0.307. The number of benzene rings is 1. The second kappa shape index (κ2) is 6.07. The first-order valence-corrected chi connectivity index (χ1v) is 9.93. The number of nitrogens with one attached hydrogen (secondary N) is 1. The first kappa shape index (κ1) is 16.1. The largest absolute Gasteiger partial charge is 0.477 e. The van der Waals surface area contributed by atoms with E-state index in [1.165, 1.54) is 0 Å². The lowest BCUT2D eigenvalue weighted by molar-refractivity contribution is 0.0301. The minimum absolute atomic E-state index is 0.307. The van der Waals surface area contributed by atoms with E-state index in [2.05, 4.69) is 14.9 Å². The second-order valence-corrected chi connectivity index (χ2v) is 7.82. The van der Waals surface area contributed by atoms with Gasteiger partial charge in [-0.1, -0.05) is 0 Å². The van der Waals surface area contributed by atoms with Crippen LogP contribution in [0.25, 0.3) is 22.4 Å². The predicted molar refractivity (Wildman–Crippen MR) is 105 cm³/mol. The number of ether oxygens (including phenoxy) is 2. The monoisotopic (exact) mass is 378 g/mol. The third-order valence-corrected chi connectivity index (χ3v) is 5.86. The van der Waals surface area contributed by atoms with E-state index in [4.69, 9.17) is 25.2 Å². The van der Waals surface area contributed by atoms with E-state index in [1.54, 1.807) is 0 Å². The molecule has 2 atom stereocenters. The van der Waals surface area contributed by atoms with Gasteiger partial charge in [0, 0.05) is 18.7 Å². The van der Waals surface area contributed by atoms with Crippen molar-refractivity contribution in [3.8, 4) is 17.3 Å². The Hall–Kier alpha value is -2.87. The Balaban J connectivity index is 1.46. The highest BCUT2D eigenvalue weighted by molar-refractivity contribution is 5.82. The van der Waals surface area contributed by atoms with Crippen molar-refractivity contribution in [3.63, 3.8) is 0 Å². The summed E-state index contributed by atoms with van der Waals surface area (Å²) in [5.74, 6) is 2.80. The highest BCUT2D eigenvalue weighted by Gasteiger charge is 2.36. The number of imidazole rings is 1. The van der Waals surface area contributed by atoms with Gasteiger partial charge in [-0.05, 0) is 43.9 Å². The van der Waals surface area contributed by atoms with Crippen LogP contribution in [0.1, 0.15) is 24.8 Å². The van der Waals surface area contributed by atoms with E-state index in [1.807, 2.05) is 18.2 Å². The number of rotatable bonds is 2. The van der Waals surface area contributed by atoms with Gasteiger partial charge in [-0.15, -0.1) is 0 Å². The molecule has 3 aliphatic heterocycles. The normalized spacial score (nSPS) is 23.6. The van der Waals surface area contributed by atoms with Crippen LogP contribution in [-0.2, 0) is 11.2 Å². The lowest BCUT2D eigenvalue weighted by atomic mass is 10.1. The molecule has 3 aliphatic rings. The number of aromatic nitrogens is 4. The number of fused-ring (bicyclic) bond motifs is 4. The van der Waals surface area contributed by atoms with Crippen LogP contribution >= 0.6 is 0 Å². The minimum Gasteiger partial charge on any atom is -0.477 e. The van der Waals surface area contributed by atoms with Gasteiger partial charge in [0.15, 0.2) is 11.8 Å². The molecule has 3 N–H and O–H groups in total. The van der Waals surface area contributed by atoms with Gasteiger partial charge in [-0.2, -0.15) is 4.98 Å². The van der Waals surface area contributed by atoms with Crippen molar-refractivity contribution in [1.82, 2.24) is 19.9 Å². The number of anilines is 2. The fraction of sp³-hybridized carbons (Fsp3) is 0.450. The first-order chi connectivity index (χ1) is 13.7. The Bertz CT molecular complexity index is 1050. The first-order valence-electron chi connectivity index (χ1n) is 9.93. The van der Waals surface area contributed by atoms with Crippen molar-refractivity contribution in [2.45, 2.75) is 37.9 Å². The Morgan fingerprint density at radius 1 is 1.11 bits per heavy atom. The van der Waals surface area contributed by atoms with Crippen LogP contribution in [0.15, 0.2) is 18.2 Å². The summed E-state index contributed by atoms with van der Waals surface area (Å²) in [7, 11) is 0. The standard InChI is InChI=1S/C20H22N6O2/c21-20-22-15-6-3-11(8-16(15)23-20)17-24-18(14-2-1-7-27-19(14)25-17)26-9-12-4-5-13(10-26)28-12/h3,6,8,12-13H,1-2,4-5,7,9-10H2,(H3,21,22,23)/t12-,13+. The molecule has 0 saturated carbocycles. The van der Waals surface area contributed by atoms with E-state index in [9.17, 15) is 0 Å². The molecule has 2 bridgehead atoms. The van der Waals surface area contributed by atoms with Crippen LogP contribution < -0.4 is 15.4 Å². The molecule has 0 spiro atoms. The van der Waals surface area contributed by atoms with Crippen molar-refractivity contribution in [3.05, 3.63) is 23.8 Å². The topological polar surface area (TPSA) is 102 Å². The van der Waals surface area contributed by atoms with Gasteiger partial charge in [0.05, 0.1) is 35.4 Å². The van der Waals surface area contributed by atoms with E-state index in [-0.39, 0.29) is 0 Å². The van der Waals surface area contributed by atoms with Gasteiger partial charge in [0.1, 0.15) is 5.82 Å². The lowest BCUT2D eigenvalue weighted by Crippen LogP contribution is -2.43. The molecule has 8 nitrogen and oxygen atoms in total. The Morgan fingerprint density at radius 2 is 1.96 bits per heavy atom. The summed E-state index contributed by atoms with van der Waals surface area (Å²) >= 11 is 0. The summed E-state index contributed by atoms with van der Waals surface area (Å²) in [4.78, 5) is 19.5. The quantitative estimate of drug-likeness (QED) is 0.705. The maximum atomic E-state index is 6.02. The number of morpholine rings is 1. The fourth-order valence-electron chi connectivity index (χ4n) is 4.55. The highest BCUT2D eigenvalue weighted by atomic mass is 16.5. The summed E-state index contributed by atoms with van der Waals surface area (Å²) in [5, 5.41) is 0. The number of nitrogens with zero attached hydrogens (tertiary/aromatic N) is 4. The molecule has 1 aromatic carbocycles. The van der Waals surface area contributed by atoms with Crippen molar-refractivity contribution in [2.24, 2.45) is 0 Å². The third kappa shape index (κ3) is 2.59. The number of aromatic amines is 1. The van der Waals surface area contributed by atoms with Gasteiger partial charge in [0.25, 0.3) is 0 Å². The van der Waals surface area contributed by atoms with Crippen LogP contribution in [0, 0.1) is 0 Å². The van der Waals surface area contributed by atoms with Gasteiger partial charge >= 0.3 is 0 Å². The van der Waals surface area contributed by atoms with E-state index >= 15 is 0 Å². The average Bonchev–Trinajstić information content (AvgIpc) is 3.26. The molecular formula is C20H22N6O2. The Kier molecular flexibility index (Phi) is 3.49. The molecule has 0 radical (unpaired) electrons. The SMILES string of the molecule is Nc1nc2ccc(-c3nc4c(c(N5C[C@H]6CC[C@@H](C5)O6)n3)CCCO4)cc2[nH]1. The molecule has 8 heteroatoms. The zero-order chi connectivity index (χ0) is 18.7. The zero-order valence-electron chi connectivity index (χ0n) is 15.5. The summed E-state index contributed by atoms with van der Waals surface area (Å²) in [6.45, 7) is 2.47. The maximum absolute atomic E-state index is 6.02. The molecule has 2 fully saturated rings. The molecule has 28 heavy (non-hydrogen) atoms.